The molecule has 2 aromatic rings. The lowest BCUT2D eigenvalue weighted by molar-refractivity contribution is -0.140. The Kier molecular flexibility index (Phi) is 5.74. The van der Waals surface area contributed by atoms with Crippen molar-refractivity contribution in [3.63, 3.8) is 0 Å². The molecule has 152 valence electrons. The van der Waals surface area contributed by atoms with E-state index in [2.05, 4.69) is 16.8 Å². The van der Waals surface area contributed by atoms with Gasteiger partial charge >= 0.3 is 5.97 Å². The minimum atomic E-state index is -0.353. The first-order valence-corrected chi connectivity index (χ1v) is 11.7. The Morgan fingerprint density at radius 3 is 2.76 bits per heavy atom. The Labute approximate surface area is 179 Å². The first kappa shape index (κ1) is 20.1. The van der Waals surface area contributed by atoms with Gasteiger partial charge in [0.2, 0.25) is 0 Å². The van der Waals surface area contributed by atoms with Gasteiger partial charge in [-0.25, -0.2) is 4.79 Å². The molecule has 0 saturated carbocycles. The summed E-state index contributed by atoms with van der Waals surface area (Å²) >= 11 is 3.28. The van der Waals surface area contributed by atoms with E-state index in [0.29, 0.717) is 18.6 Å². The standard InChI is InChI=1S/C23H25NO3S2/c1-13(2)11-27-23(26)20-14(3)24-17-9-16(19-5-4-7-29-19)10-18(25)22(17)21(20)15-6-8-28-12-15/h4-8,12-13,16,21,24H,9-11H2,1-3H3. The lowest BCUT2D eigenvalue weighted by atomic mass is 9.73. The highest BCUT2D eigenvalue weighted by Crippen LogP contribution is 2.46. The molecule has 0 fully saturated rings. The van der Waals surface area contributed by atoms with E-state index in [0.717, 1.165) is 29.0 Å². The molecule has 1 aliphatic carbocycles. The van der Waals surface area contributed by atoms with E-state index >= 15 is 0 Å². The normalized spacial score (nSPS) is 22.0. The third-order valence-electron chi connectivity index (χ3n) is 5.42. The lowest BCUT2D eigenvalue weighted by Gasteiger charge is -2.36. The van der Waals surface area contributed by atoms with Crippen molar-refractivity contribution >= 4 is 34.4 Å². The van der Waals surface area contributed by atoms with Gasteiger partial charge in [-0.05, 0) is 53.1 Å². The number of nitrogens with one attached hydrogen (secondary N) is 1. The fourth-order valence-electron chi connectivity index (χ4n) is 4.13. The summed E-state index contributed by atoms with van der Waals surface area (Å²) in [5.74, 6) is -0.114. The maximum Gasteiger partial charge on any atom is 0.336 e. The van der Waals surface area contributed by atoms with Gasteiger partial charge in [0.25, 0.3) is 0 Å². The van der Waals surface area contributed by atoms with E-state index in [-0.39, 0.29) is 29.5 Å². The zero-order valence-corrected chi connectivity index (χ0v) is 18.5. The number of ketones is 1. The molecule has 0 aromatic carbocycles. The predicted molar refractivity (Wildman–Crippen MR) is 117 cm³/mol. The van der Waals surface area contributed by atoms with E-state index in [1.807, 2.05) is 43.7 Å². The van der Waals surface area contributed by atoms with Crippen LogP contribution in [0.5, 0.6) is 0 Å². The summed E-state index contributed by atoms with van der Waals surface area (Å²) in [5, 5.41) is 9.47. The summed E-state index contributed by atoms with van der Waals surface area (Å²) in [4.78, 5) is 27.6. The predicted octanol–water partition coefficient (Wildman–Crippen LogP) is 5.37. The van der Waals surface area contributed by atoms with Gasteiger partial charge in [-0.15, -0.1) is 11.3 Å². The van der Waals surface area contributed by atoms with Gasteiger partial charge in [0, 0.05) is 40.1 Å². The third kappa shape index (κ3) is 3.96. The molecule has 2 aliphatic rings. The largest absolute Gasteiger partial charge is 0.462 e. The van der Waals surface area contributed by atoms with Gasteiger partial charge < -0.3 is 10.1 Å². The fourth-order valence-corrected chi connectivity index (χ4v) is 5.64. The Hall–Kier alpha value is -2.18. The van der Waals surface area contributed by atoms with Crippen LogP contribution in [0.25, 0.3) is 0 Å². The SMILES string of the molecule is CC1=C(C(=O)OCC(C)C)C(c2ccsc2)C2=C(CC(c3cccs3)CC2=O)N1. The molecule has 0 bridgehead atoms. The summed E-state index contributed by atoms with van der Waals surface area (Å²) in [5.41, 5.74) is 4.02. The number of Topliss-reactive ketones (excluding diaryl/α,β-unsaturated/α-hetero) is 1. The maximum absolute atomic E-state index is 13.3. The minimum absolute atomic E-state index is 0.120. The van der Waals surface area contributed by atoms with Crippen molar-refractivity contribution in [2.24, 2.45) is 5.92 Å². The summed E-state index contributed by atoms with van der Waals surface area (Å²) in [6, 6.07) is 6.14. The maximum atomic E-state index is 13.3. The Morgan fingerprint density at radius 2 is 2.10 bits per heavy atom. The number of dihydropyridines is 1. The van der Waals surface area contributed by atoms with Crippen LogP contribution in [0.3, 0.4) is 0 Å². The quantitative estimate of drug-likeness (QED) is 0.652. The molecule has 1 N–H and O–H groups in total. The van der Waals surface area contributed by atoms with Crippen LogP contribution in [0.2, 0.25) is 0 Å². The number of carbonyl (C=O) groups excluding carboxylic acids is 2. The molecule has 0 saturated heterocycles. The number of rotatable bonds is 5. The number of carbonyl (C=O) groups is 2. The van der Waals surface area contributed by atoms with Crippen LogP contribution in [0.1, 0.15) is 55.9 Å². The molecule has 3 heterocycles. The molecule has 6 heteroatoms. The molecule has 4 rings (SSSR count). The van der Waals surface area contributed by atoms with E-state index in [1.165, 1.54) is 4.88 Å². The third-order valence-corrected chi connectivity index (χ3v) is 7.15. The van der Waals surface area contributed by atoms with Crippen molar-refractivity contribution in [2.45, 2.75) is 45.4 Å². The number of thiophene rings is 2. The van der Waals surface area contributed by atoms with Crippen molar-refractivity contribution in [3.05, 3.63) is 67.3 Å². The summed E-state index contributed by atoms with van der Waals surface area (Å²) in [6.07, 6.45) is 1.27. The van der Waals surface area contributed by atoms with Crippen LogP contribution < -0.4 is 5.32 Å². The van der Waals surface area contributed by atoms with Gasteiger partial charge in [-0.2, -0.15) is 11.3 Å². The van der Waals surface area contributed by atoms with Crippen LogP contribution in [0, 0.1) is 5.92 Å². The molecule has 4 nitrogen and oxygen atoms in total. The second kappa shape index (κ2) is 8.28. The topological polar surface area (TPSA) is 55.4 Å². The Balaban J connectivity index is 1.72. The number of allylic oxidation sites excluding steroid dienone is 3. The summed E-state index contributed by atoms with van der Waals surface area (Å²) in [7, 11) is 0. The van der Waals surface area contributed by atoms with Crippen LogP contribution in [0.15, 0.2) is 56.9 Å². The van der Waals surface area contributed by atoms with Gasteiger partial charge in [0.1, 0.15) is 0 Å². The number of esters is 1. The van der Waals surface area contributed by atoms with Crippen LogP contribution >= 0.6 is 22.7 Å². The highest BCUT2D eigenvalue weighted by atomic mass is 32.1. The molecule has 1 aliphatic heterocycles. The summed E-state index contributed by atoms with van der Waals surface area (Å²) in [6.45, 7) is 6.31. The van der Waals surface area contributed by atoms with E-state index in [4.69, 9.17) is 4.74 Å². The molecule has 2 unspecified atom stereocenters. The monoisotopic (exact) mass is 427 g/mol. The Morgan fingerprint density at radius 1 is 1.28 bits per heavy atom. The number of ether oxygens (including phenoxy) is 1. The molecular formula is C23H25NO3S2. The highest BCUT2D eigenvalue weighted by Gasteiger charge is 2.41. The van der Waals surface area contributed by atoms with Crippen molar-refractivity contribution < 1.29 is 14.3 Å². The molecular weight excluding hydrogens is 402 g/mol. The van der Waals surface area contributed by atoms with Crippen molar-refractivity contribution in [3.8, 4) is 0 Å². The molecule has 2 atom stereocenters. The lowest BCUT2D eigenvalue weighted by Crippen LogP contribution is -2.36. The highest BCUT2D eigenvalue weighted by molar-refractivity contribution is 7.10. The van der Waals surface area contributed by atoms with Crippen molar-refractivity contribution in [1.82, 2.24) is 5.32 Å². The Bertz CT molecular complexity index is 968. The number of hydrogen-bond acceptors (Lipinski definition) is 6. The van der Waals surface area contributed by atoms with Gasteiger partial charge in [-0.1, -0.05) is 19.9 Å². The molecule has 0 spiro atoms. The smallest absolute Gasteiger partial charge is 0.336 e. The first-order chi connectivity index (χ1) is 14.0. The van der Waals surface area contributed by atoms with Gasteiger partial charge in [-0.3, -0.25) is 4.79 Å². The first-order valence-electron chi connectivity index (χ1n) is 9.92. The zero-order valence-electron chi connectivity index (χ0n) is 16.9. The average Bonchev–Trinajstić information content (AvgIpc) is 3.38. The zero-order chi connectivity index (χ0) is 20.5. The van der Waals surface area contributed by atoms with Gasteiger partial charge in [0.05, 0.1) is 12.2 Å². The van der Waals surface area contributed by atoms with Crippen LogP contribution in [-0.2, 0) is 14.3 Å². The molecule has 0 amide bonds. The average molecular weight is 428 g/mol. The molecule has 2 aromatic heterocycles. The second-order valence-electron chi connectivity index (χ2n) is 8.08. The second-order valence-corrected chi connectivity index (χ2v) is 9.84. The van der Waals surface area contributed by atoms with Gasteiger partial charge in [0.15, 0.2) is 5.78 Å². The number of hydrogen-bond donors (Lipinski definition) is 1. The molecule has 0 radical (unpaired) electrons. The van der Waals surface area contributed by atoms with E-state index in [1.54, 1.807) is 22.7 Å². The van der Waals surface area contributed by atoms with Crippen LogP contribution in [0.4, 0.5) is 0 Å². The van der Waals surface area contributed by atoms with E-state index in [9.17, 15) is 9.59 Å². The molecule has 29 heavy (non-hydrogen) atoms. The van der Waals surface area contributed by atoms with Crippen molar-refractivity contribution in [2.75, 3.05) is 6.61 Å². The van der Waals surface area contributed by atoms with Crippen LogP contribution in [-0.4, -0.2) is 18.4 Å². The summed E-state index contributed by atoms with van der Waals surface area (Å²) < 4.78 is 5.57. The van der Waals surface area contributed by atoms with E-state index < -0.39 is 0 Å². The minimum Gasteiger partial charge on any atom is -0.462 e. The van der Waals surface area contributed by atoms with Crippen molar-refractivity contribution in [1.29, 1.82) is 0 Å². The fraction of sp³-hybridized carbons (Fsp3) is 0.391.